The van der Waals surface area contributed by atoms with Crippen LogP contribution >= 0.6 is 25.3 Å². The Morgan fingerprint density at radius 3 is 1.32 bits per heavy atom. The summed E-state index contributed by atoms with van der Waals surface area (Å²) in [6.07, 6.45) is 2.78. The summed E-state index contributed by atoms with van der Waals surface area (Å²) in [5.74, 6) is -0.803. The Bertz CT molecular complexity index is 228. The molecule has 114 valence electrons. The minimum atomic E-state index is -0.803. The predicted octanol–water partition coefficient (Wildman–Crippen LogP) is 1.54. The van der Waals surface area contributed by atoms with Gasteiger partial charge in [0.15, 0.2) is 0 Å². The summed E-state index contributed by atoms with van der Waals surface area (Å²) < 4.78 is 4.18. The Morgan fingerprint density at radius 1 is 1.00 bits per heavy atom. The molecule has 4 N–H and O–H groups in total. The fourth-order valence-corrected chi connectivity index (χ4v) is 0.176. The van der Waals surface area contributed by atoms with Gasteiger partial charge in [-0.1, -0.05) is 51.9 Å². The molecule has 2 amide bonds. The van der Waals surface area contributed by atoms with E-state index >= 15 is 0 Å². The Hall–Kier alpha value is -1.22. The number of carbonyl (C=O) groups excluding carboxylic acids is 4. The molecule has 0 rings (SSSR count). The molecule has 0 fully saturated rings. The Kier molecular flexibility index (Phi) is 35.5. The van der Waals surface area contributed by atoms with Gasteiger partial charge in [0.2, 0.25) is 6.29 Å². The molecular formula is C10H22N2O5S2. The number of amides is 2. The lowest BCUT2D eigenvalue weighted by atomic mass is 10.4. The van der Waals surface area contributed by atoms with Gasteiger partial charge in [-0.05, 0) is 6.92 Å². The van der Waals surface area contributed by atoms with Gasteiger partial charge >= 0.3 is 5.97 Å². The quantitative estimate of drug-likeness (QED) is 0.272. The fraction of sp³-hybridized carbons (Fsp3) is 0.600. The van der Waals surface area contributed by atoms with Crippen molar-refractivity contribution in [3.8, 4) is 0 Å². The van der Waals surface area contributed by atoms with E-state index in [2.05, 4.69) is 55.3 Å². The largest absolute Gasteiger partial charge is 0.460 e. The number of aldehydes is 1. The Balaban J connectivity index is -0.0000000825. The third-order valence-electron chi connectivity index (χ3n) is 0.883. The number of rotatable bonds is 3. The lowest BCUT2D eigenvalue weighted by Gasteiger charge is -1.88. The summed E-state index contributed by atoms with van der Waals surface area (Å²) in [6.45, 7) is 6.26. The highest BCUT2D eigenvalue weighted by atomic mass is 32.1. The second-order valence-electron chi connectivity index (χ2n) is 2.55. The van der Waals surface area contributed by atoms with Gasteiger partial charge in [-0.25, -0.2) is 4.79 Å². The molecule has 0 aliphatic carbocycles. The average Bonchev–Trinajstić information content (AvgIpc) is 2.28. The van der Waals surface area contributed by atoms with E-state index in [1.807, 2.05) is 0 Å². The van der Waals surface area contributed by atoms with Crippen molar-refractivity contribution in [3.63, 3.8) is 0 Å². The SMILES string of the molecule is CCCC.CCOC(=O)C=O.NC(=O)S.NC(=O)S. The summed E-state index contributed by atoms with van der Waals surface area (Å²) in [5, 5.41) is -1.28. The highest BCUT2D eigenvalue weighted by molar-refractivity contribution is 7.96. The van der Waals surface area contributed by atoms with Crippen molar-refractivity contribution in [3.05, 3.63) is 0 Å². The highest BCUT2D eigenvalue weighted by Crippen LogP contribution is 1.76. The molecule has 0 bridgehead atoms. The van der Waals surface area contributed by atoms with E-state index in [1.54, 1.807) is 6.92 Å². The number of unbranched alkanes of at least 4 members (excludes halogenated alkanes) is 1. The summed E-state index contributed by atoms with van der Waals surface area (Å²) >= 11 is 6.21. The van der Waals surface area contributed by atoms with Crippen LogP contribution in [0.5, 0.6) is 0 Å². The summed E-state index contributed by atoms with van der Waals surface area (Å²) in [6, 6.07) is 0. The molecule has 0 aromatic carbocycles. The summed E-state index contributed by atoms with van der Waals surface area (Å²) in [4.78, 5) is 37.4. The van der Waals surface area contributed by atoms with Gasteiger partial charge in [-0.3, -0.25) is 14.4 Å². The average molecular weight is 314 g/mol. The van der Waals surface area contributed by atoms with Crippen LogP contribution in [0.15, 0.2) is 0 Å². The van der Waals surface area contributed by atoms with Gasteiger partial charge in [0, 0.05) is 0 Å². The van der Waals surface area contributed by atoms with Crippen LogP contribution < -0.4 is 11.5 Å². The number of thiol groups is 2. The van der Waals surface area contributed by atoms with E-state index in [9.17, 15) is 9.59 Å². The molecule has 0 saturated carbocycles. The van der Waals surface area contributed by atoms with Crippen LogP contribution in [0.25, 0.3) is 0 Å². The maximum absolute atomic E-state index is 9.82. The lowest BCUT2D eigenvalue weighted by molar-refractivity contribution is -0.148. The summed E-state index contributed by atoms with van der Waals surface area (Å²) in [7, 11) is 0. The minimum Gasteiger partial charge on any atom is -0.460 e. The second kappa shape index (κ2) is 25.6. The number of ether oxygens (including phenoxy) is 1. The molecule has 19 heavy (non-hydrogen) atoms. The van der Waals surface area contributed by atoms with Crippen molar-refractivity contribution in [2.24, 2.45) is 11.5 Å². The minimum absolute atomic E-state index is 0.142. The standard InChI is InChI=1S/C4H6O3.C4H10.2CH3NOS/c1-2-7-4(6)3-5;1-3-4-2;2*2-1(3)4/h3H,2H2,1H3;3-4H2,1-2H3;2*(H3,2,3,4). The number of hydrogen-bond donors (Lipinski definition) is 4. The van der Waals surface area contributed by atoms with Crippen LogP contribution in [0.3, 0.4) is 0 Å². The maximum Gasteiger partial charge on any atom is 0.371 e. The van der Waals surface area contributed by atoms with Crippen LogP contribution in [0.1, 0.15) is 33.6 Å². The molecule has 0 unspecified atom stereocenters. The van der Waals surface area contributed by atoms with E-state index in [0.29, 0.717) is 0 Å². The predicted molar refractivity (Wildman–Crippen MR) is 80.4 cm³/mol. The van der Waals surface area contributed by atoms with Gasteiger partial charge in [0.1, 0.15) is 0 Å². The number of nitrogens with two attached hydrogens (primary N) is 2. The zero-order valence-corrected chi connectivity index (χ0v) is 13.1. The molecule has 0 spiro atoms. The topological polar surface area (TPSA) is 130 Å². The smallest absolute Gasteiger partial charge is 0.371 e. The maximum atomic E-state index is 9.82. The first-order valence-corrected chi connectivity index (χ1v) is 6.17. The second-order valence-corrected chi connectivity index (χ2v) is 3.43. The van der Waals surface area contributed by atoms with Gasteiger partial charge in [0.05, 0.1) is 6.61 Å². The number of hydrogen-bond acceptors (Lipinski definition) is 5. The van der Waals surface area contributed by atoms with Gasteiger partial charge in [0.25, 0.3) is 10.5 Å². The highest BCUT2D eigenvalue weighted by Gasteiger charge is 1.91. The van der Waals surface area contributed by atoms with Crippen molar-refractivity contribution in [2.75, 3.05) is 6.61 Å². The normalized spacial score (nSPS) is 7.00. The zero-order valence-electron chi connectivity index (χ0n) is 11.3. The van der Waals surface area contributed by atoms with Crippen molar-refractivity contribution in [2.45, 2.75) is 33.6 Å². The zero-order chi connectivity index (χ0) is 16.3. The number of primary amides is 2. The first kappa shape index (κ1) is 26.4. The molecule has 0 radical (unpaired) electrons. The van der Waals surface area contributed by atoms with Crippen molar-refractivity contribution >= 4 is 48.0 Å². The molecule has 0 saturated heterocycles. The lowest BCUT2D eigenvalue weighted by Crippen LogP contribution is -2.03. The van der Waals surface area contributed by atoms with Crippen LogP contribution in [-0.2, 0) is 14.3 Å². The molecule has 7 nitrogen and oxygen atoms in total. The van der Waals surface area contributed by atoms with Crippen LogP contribution in [0, 0.1) is 0 Å². The van der Waals surface area contributed by atoms with E-state index in [0.717, 1.165) is 0 Å². The van der Waals surface area contributed by atoms with E-state index in [1.165, 1.54) is 12.8 Å². The van der Waals surface area contributed by atoms with Crippen LogP contribution in [0.4, 0.5) is 9.59 Å². The first-order chi connectivity index (χ1) is 8.69. The number of carbonyl (C=O) groups is 4. The molecule has 0 aliphatic rings. The molecule has 0 atom stereocenters. The number of esters is 1. The van der Waals surface area contributed by atoms with Gasteiger partial charge in [-0.2, -0.15) is 0 Å². The van der Waals surface area contributed by atoms with E-state index in [4.69, 9.17) is 9.59 Å². The monoisotopic (exact) mass is 314 g/mol. The van der Waals surface area contributed by atoms with Crippen LogP contribution in [0.2, 0.25) is 0 Å². The van der Waals surface area contributed by atoms with Crippen molar-refractivity contribution < 1.29 is 23.9 Å². The van der Waals surface area contributed by atoms with Crippen molar-refractivity contribution in [1.82, 2.24) is 0 Å². The molecule has 0 aromatic rings. The Morgan fingerprint density at radius 2 is 1.26 bits per heavy atom. The van der Waals surface area contributed by atoms with E-state index in [-0.39, 0.29) is 12.9 Å². The van der Waals surface area contributed by atoms with Gasteiger partial charge in [-0.15, -0.1) is 0 Å². The molecule has 9 heteroatoms. The molecular weight excluding hydrogens is 292 g/mol. The van der Waals surface area contributed by atoms with Gasteiger partial charge < -0.3 is 16.2 Å². The van der Waals surface area contributed by atoms with Crippen molar-refractivity contribution in [1.29, 1.82) is 0 Å². The van der Waals surface area contributed by atoms with E-state index < -0.39 is 16.4 Å². The first-order valence-electron chi connectivity index (χ1n) is 5.28. The molecule has 0 aromatic heterocycles. The molecule has 0 aliphatic heterocycles. The van der Waals surface area contributed by atoms with Crippen LogP contribution in [-0.4, -0.2) is 29.3 Å². The fourth-order valence-electron chi connectivity index (χ4n) is 0.176. The third-order valence-corrected chi connectivity index (χ3v) is 0.883. The Labute approximate surface area is 124 Å². The summed E-state index contributed by atoms with van der Waals surface area (Å²) in [5.41, 5.74) is 8.67. The molecule has 0 heterocycles. The third kappa shape index (κ3) is 160.